The van der Waals surface area contributed by atoms with E-state index in [1.165, 1.54) is 0 Å². The molecule has 2 aromatic heterocycles. The zero-order valence-electron chi connectivity index (χ0n) is 15.5. The van der Waals surface area contributed by atoms with Crippen LogP contribution in [0.2, 0.25) is 5.02 Å². The summed E-state index contributed by atoms with van der Waals surface area (Å²) >= 11 is 7.09. The molecule has 0 amide bonds. The average Bonchev–Trinajstić information content (AvgIpc) is 2.92. The maximum absolute atomic E-state index is 12.8. The minimum atomic E-state index is -4.53. The van der Waals surface area contributed by atoms with Gasteiger partial charge in [-0.2, -0.15) is 13.2 Å². The molecule has 29 heavy (non-hydrogen) atoms. The predicted octanol–water partition coefficient (Wildman–Crippen LogP) is 5.74. The summed E-state index contributed by atoms with van der Waals surface area (Å²) in [6.45, 7) is 4.32. The molecule has 0 radical (unpaired) electrons. The number of carbonyl (C=O) groups is 1. The van der Waals surface area contributed by atoms with Crippen LogP contribution < -0.4 is 0 Å². The Morgan fingerprint density at radius 1 is 1.24 bits per heavy atom. The largest absolute Gasteiger partial charge is 0.481 e. The molecule has 154 valence electrons. The maximum atomic E-state index is 12.8. The van der Waals surface area contributed by atoms with Crippen molar-refractivity contribution in [3.8, 4) is 0 Å². The number of benzene rings is 1. The number of hydrogen-bond acceptors (Lipinski definition) is 4. The first-order chi connectivity index (χ1) is 13.6. The number of pyridine rings is 1. The van der Waals surface area contributed by atoms with E-state index in [4.69, 9.17) is 16.7 Å². The Bertz CT molecular complexity index is 1080. The molecule has 0 bridgehead atoms. The third kappa shape index (κ3) is 4.84. The standard InChI is InChI=1S/C19H17ClF3N3O2S/c1-10-6-14-15(7-11(10)2)26(5-3-4-16(27)28)18(25-14)29-17-13(20)8-12(9-24-17)19(21,22)23/h6-9H,3-5H2,1-2H3,(H,27,28). The third-order valence-electron chi connectivity index (χ3n) is 4.42. The third-order valence-corrected chi connectivity index (χ3v) is 5.84. The highest BCUT2D eigenvalue weighted by atomic mass is 35.5. The van der Waals surface area contributed by atoms with Gasteiger partial charge in [-0.3, -0.25) is 4.79 Å². The van der Waals surface area contributed by atoms with E-state index < -0.39 is 17.7 Å². The van der Waals surface area contributed by atoms with Gasteiger partial charge in [0.15, 0.2) is 5.16 Å². The molecule has 1 aromatic carbocycles. The summed E-state index contributed by atoms with van der Waals surface area (Å²) in [5.74, 6) is -0.900. The predicted molar refractivity (Wildman–Crippen MR) is 104 cm³/mol. The highest BCUT2D eigenvalue weighted by Gasteiger charge is 2.31. The Hall–Kier alpha value is -2.26. The van der Waals surface area contributed by atoms with Crippen LogP contribution in [0.15, 0.2) is 34.6 Å². The summed E-state index contributed by atoms with van der Waals surface area (Å²) in [6.07, 6.45) is -3.41. The van der Waals surface area contributed by atoms with Gasteiger partial charge in [-0.05, 0) is 61.4 Å². The smallest absolute Gasteiger partial charge is 0.417 e. The van der Waals surface area contributed by atoms with Crippen molar-refractivity contribution in [1.82, 2.24) is 14.5 Å². The van der Waals surface area contributed by atoms with E-state index in [0.29, 0.717) is 23.6 Å². The summed E-state index contributed by atoms with van der Waals surface area (Å²) in [5, 5.41) is 9.48. The summed E-state index contributed by atoms with van der Waals surface area (Å²) in [7, 11) is 0. The van der Waals surface area contributed by atoms with Gasteiger partial charge in [-0.25, -0.2) is 9.97 Å². The van der Waals surface area contributed by atoms with Gasteiger partial charge in [0.1, 0.15) is 5.03 Å². The van der Waals surface area contributed by atoms with Gasteiger partial charge in [-0.1, -0.05) is 11.6 Å². The number of imidazole rings is 1. The van der Waals surface area contributed by atoms with Crippen molar-refractivity contribution in [1.29, 1.82) is 0 Å². The number of alkyl halides is 3. The van der Waals surface area contributed by atoms with Crippen LogP contribution in [0, 0.1) is 13.8 Å². The van der Waals surface area contributed by atoms with E-state index in [9.17, 15) is 18.0 Å². The molecule has 0 fully saturated rings. The second kappa shape index (κ2) is 8.23. The maximum Gasteiger partial charge on any atom is 0.417 e. The number of aryl methyl sites for hydroxylation is 3. The molecule has 3 rings (SSSR count). The Labute approximate surface area is 173 Å². The molecule has 2 heterocycles. The van der Waals surface area contributed by atoms with Crippen LogP contribution in [0.5, 0.6) is 0 Å². The first kappa shape index (κ1) is 21.4. The molecule has 3 aromatic rings. The summed E-state index contributed by atoms with van der Waals surface area (Å²) < 4.78 is 40.4. The van der Waals surface area contributed by atoms with E-state index in [1.807, 2.05) is 30.5 Å². The van der Waals surface area contributed by atoms with Gasteiger partial charge < -0.3 is 9.67 Å². The molecule has 0 spiro atoms. The van der Waals surface area contributed by atoms with E-state index in [2.05, 4.69) is 9.97 Å². The normalized spacial score (nSPS) is 11.9. The first-order valence-corrected chi connectivity index (χ1v) is 9.85. The Balaban J connectivity index is 2.00. The fraction of sp³-hybridized carbons (Fsp3) is 0.316. The SMILES string of the molecule is Cc1cc2nc(Sc3ncc(C(F)(F)F)cc3Cl)n(CCCC(=O)O)c2cc1C. The van der Waals surface area contributed by atoms with Crippen LogP contribution in [-0.4, -0.2) is 25.6 Å². The number of nitrogens with zero attached hydrogens (tertiary/aromatic N) is 3. The monoisotopic (exact) mass is 443 g/mol. The molecule has 0 aliphatic heterocycles. The van der Waals surface area contributed by atoms with Gasteiger partial charge in [0.2, 0.25) is 0 Å². The zero-order valence-corrected chi connectivity index (χ0v) is 17.1. The lowest BCUT2D eigenvalue weighted by Crippen LogP contribution is -2.06. The molecule has 1 N–H and O–H groups in total. The zero-order chi connectivity index (χ0) is 21.3. The van der Waals surface area contributed by atoms with Crippen LogP contribution >= 0.6 is 23.4 Å². The Morgan fingerprint density at radius 3 is 2.55 bits per heavy atom. The van der Waals surface area contributed by atoms with Gasteiger partial charge >= 0.3 is 12.1 Å². The number of aromatic nitrogens is 3. The van der Waals surface area contributed by atoms with E-state index >= 15 is 0 Å². The van der Waals surface area contributed by atoms with Crippen LogP contribution in [0.4, 0.5) is 13.2 Å². The molecular weight excluding hydrogens is 427 g/mol. The summed E-state index contributed by atoms with van der Waals surface area (Å²) in [6, 6.07) is 4.72. The summed E-state index contributed by atoms with van der Waals surface area (Å²) in [5.41, 5.74) is 2.72. The highest BCUT2D eigenvalue weighted by Crippen LogP contribution is 2.37. The second-order valence-corrected chi connectivity index (χ2v) is 7.94. The molecule has 0 atom stereocenters. The molecule has 0 aliphatic carbocycles. The fourth-order valence-electron chi connectivity index (χ4n) is 2.78. The fourth-order valence-corrected chi connectivity index (χ4v) is 3.94. The highest BCUT2D eigenvalue weighted by molar-refractivity contribution is 7.99. The number of halogens is 4. The van der Waals surface area contributed by atoms with Crippen molar-refractivity contribution in [3.05, 3.63) is 46.1 Å². The van der Waals surface area contributed by atoms with E-state index in [1.54, 1.807) is 0 Å². The molecule has 0 aliphatic rings. The van der Waals surface area contributed by atoms with Crippen molar-refractivity contribution in [3.63, 3.8) is 0 Å². The van der Waals surface area contributed by atoms with Crippen molar-refractivity contribution in [2.45, 2.75) is 49.6 Å². The van der Waals surface area contributed by atoms with Crippen LogP contribution in [0.3, 0.4) is 0 Å². The van der Waals surface area contributed by atoms with Crippen molar-refractivity contribution in [2.24, 2.45) is 0 Å². The van der Waals surface area contributed by atoms with Gasteiger partial charge in [-0.15, -0.1) is 0 Å². The Morgan fingerprint density at radius 2 is 1.93 bits per heavy atom. The first-order valence-electron chi connectivity index (χ1n) is 8.66. The van der Waals surface area contributed by atoms with Crippen molar-refractivity contribution in [2.75, 3.05) is 0 Å². The number of carboxylic acid groups (broad SMARTS) is 1. The van der Waals surface area contributed by atoms with Crippen LogP contribution in [-0.2, 0) is 17.5 Å². The van der Waals surface area contributed by atoms with Crippen molar-refractivity contribution < 1.29 is 23.1 Å². The quantitative estimate of drug-likeness (QED) is 0.526. The summed E-state index contributed by atoms with van der Waals surface area (Å²) in [4.78, 5) is 19.3. The van der Waals surface area contributed by atoms with Crippen LogP contribution in [0.25, 0.3) is 11.0 Å². The second-order valence-electron chi connectivity index (χ2n) is 6.58. The molecule has 5 nitrogen and oxygen atoms in total. The number of aliphatic carboxylic acids is 1. The van der Waals surface area contributed by atoms with Crippen molar-refractivity contribution >= 4 is 40.4 Å². The van der Waals surface area contributed by atoms with E-state index in [0.717, 1.165) is 40.7 Å². The van der Waals surface area contributed by atoms with Gasteiger partial charge in [0.05, 0.1) is 21.6 Å². The molecule has 0 saturated carbocycles. The number of fused-ring (bicyclic) bond motifs is 1. The number of carboxylic acids is 1. The minimum Gasteiger partial charge on any atom is -0.481 e. The van der Waals surface area contributed by atoms with Crippen LogP contribution in [0.1, 0.15) is 29.5 Å². The lowest BCUT2D eigenvalue weighted by atomic mass is 10.1. The average molecular weight is 444 g/mol. The number of rotatable bonds is 6. The molecule has 10 heteroatoms. The van der Waals surface area contributed by atoms with E-state index in [-0.39, 0.29) is 16.5 Å². The lowest BCUT2D eigenvalue weighted by molar-refractivity contribution is -0.138. The molecule has 0 saturated heterocycles. The molecular formula is C19H17ClF3N3O2S. The van der Waals surface area contributed by atoms with Gasteiger partial charge in [0, 0.05) is 19.2 Å². The number of hydrogen-bond donors (Lipinski definition) is 1. The topological polar surface area (TPSA) is 68.0 Å². The molecule has 0 unspecified atom stereocenters. The minimum absolute atomic E-state index is 0.00604. The lowest BCUT2D eigenvalue weighted by Gasteiger charge is -2.11. The Kier molecular flexibility index (Phi) is 6.09. The van der Waals surface area contributed by atoms with Gasteiger partial charge in [0.25, 0.3) is 0 Å².